The van der Waals surface area contributed by atoms with Gasteiger partial charge in [0, 0.05) is 31.6 Å². The molecule has 1 N–H and O–H groups in total. The van der Waals surface area contributed by atoms with Crippen LogP contribution in [0.25, 0.3) is 10.4 Å². The number of likely N-dealkylation sites (tertiary alicyclic amines) is 1. The van der Waals surface area contributed by atoms with Crippen LogP contribution in [0, 0.1) is 5.41 Å². The molecule has 1 fully saturated rings. The number of carbonyl (C=O) groups excluding carboxylic acids is 2. The third-order valence-electron chi connectivity index (χ3n) is 5.35. The number of methoxy groups -OCH3 is 1. The van der Waals surface area contributed by atoms with Crippen molar-refractivity contribution in [2.45, 2.75) is 26.2 Å². The van der Waals surface area contributed by atoms with E-state index >= 15 is 0 Å². The topological polar surface area (TPSA) is 58.6 Å². The number of nitrogens with zero attached hydrogens (tertiary/aromatic N) is 1. The highest BCUT2D eigenvalue weighted by Gasteiger charge is 2.43. The number of amides is 2. The second-order valence-electron chi connectivity index (χ2n) is 7.30. The molecule has 3 rings (SSSR count). The maximum Gasteiger partial charge on any atom is 0.248 e. The molecule has 2 aromatic rings. The first-order valence-electron chi connectivity index (χ1n) is 9.76. The predicted octanol–water partition coefficient (Wildman–Crippen LogP) is 3.35. The predicted molar refractivity (Wildman–Crippen MR) is 112 cm³/mol. The minimum absolute atomic E-state index is 0.0332. The van der Waals surface area contributed by atoms with E-state index in [2.05, 4.69) is 28.9 Å². The van der Waals surface area contributed by atoms with Gasteiger partial charge in [-0.25, -0.2) is 0 Å². The number of thiophene rings is 1. The molecule has 0 saturated carbocycles. The Morgan fingerprint density at radius 2 is 2.07 bits per heavy atom. The number of ether oxygens (including phenoxy) is 1. The van der Waals surface area contributed by atoms with Gasteiger partial charge in [0.2, 0.25) is 11.8 Å². The van der Waals surface area contributed by atoms with Crippen molar-refractivity contribution in [3.63, 3.8) is 0 Å². The van der Waals surface area contributed by atoms with E-state index in [0.717, 1.165) is 18.4 Å². The summed E-state index contributed by atoms with van der Waals surface area (Å²) in [5.41, 5.74) is 1.70. The summed E-state index contributed by atoms with van der Waals surface area (Å²) in [6.45, 7) is 3.67. The minimum Gasteiger partial charge on any atom is -0.375 e. The Kier molecular flexibility index (Phi) is 6.86. The standard InChI is InChI=1S/C22H28N2O3S/c1-3-23-21(26)22(11-7-12-24(16-22)20(25)15-27-2)14-17-8-4-5-9-18(17)19-10-6-13-28-19/h4-6,8-10,13H,3,7,11-12,14-16H2,1-2H3,(H,23,26). The molecule has 0 spiro atoms. The summed E-state index contributed by atoms with van der Waals surface area (Å²) in [7, 11) is 1.52. The van der Waals surface area contributed by atoms with Crippen LogP contribution in [-0.4, -0.2) is 50.1 Å². The van der Waals surface area contributed by atoms with Crippen molar-refractivity contribution < 1.29 is 14.3 Å². The zero-order chi connectivity index (χ0) is 20.0. The van der Waals surface area contributed by atoms with E-state index < -0.39 is 5.41 Å². The van der Waals surface area contributed by atoms with E-state index in [-0.39, 0.29) is 18.4 Å². The molecule has 2 amide bonds. The highest BCUT2D eigenvalue weighted by atomic mass is 32.1. The van der Waals surface area contributed by atoms with Gasteiger partial charge >= 0.3 is 0 Å². The number of hydrogen-bond donors (Lipinski definition) is 1. The van der Waals surface area contributed by atoms with Gasteiger partial charge in [-0.1, -0.05) is 30.3 Å². The Morgan fingerprint density at radius 3 is 2.79 bits per heavy atom. The summed E-state index contributed by atoms with van der Waals surface area (Å²) in [4.78, 5) is 28.6. The van der Waals surface area contributed by atoms with E-state index in [1.807, 2.05) is 25.1 Å². The van der Waals surface area contributed by atoms with Crippen LogP contribution in [0.5, 0.6) is 0 Å². The number of hydrogen-bond acceptors (Lipinski definition) is 4. The van der Waals surface area contributed by atoms with Crippen molar-refractivity contribution in [2.24, 2.45) is 5.41 Å². The molecule has 1 saturated heterocycles. The summed E-state index contributed by atoms with van der Waals surface area (Å²) >= 11 is 1.70. The zero-order valence-corrected chi connectivity index (χ0v) is 17.4. The average molecular weight is 401 g/mol. The van der Waals surface area contributed by atoms with Crippen molar-refractivity contribution in [1.29, 1.82) is 0 Å². The molecular formula is C22H28N2O3S. The molecular weight excluding hydrogens is 372 g/mol. The van der Waals surface area contributed by atoms with Crippen LogP contribution >= 0.6 is 11.3 Å². The van der Waals surface area contributed by atoms with Crippen molar-refractivity contribution >= 4 is 23.2 Å². The van der Waals surface area contributed by atoms with E-state index in [1.54, 1.807) is 16.2 Å². The third kappa shape index (κ3) is 4.45. The van der Waals surface area contributed by atoms with Gasteiger partial charge < -0.3 is 15.0 Å². The molecule has 1 aliphatic rings. The van der Waals surface area contributed by atoms with Crippen LogP contribution in [0.2, 0.25) is 0 Å². The molecule has 0 aliphatic carbocycles. The van der Waals surface area contributed by atoms with Crippen molar-refractivity contribution in [3.05, 3.63) is 47.3 Å². The fourth-order valence-corrected chi connectivity index (χ4v) is 4.82. The van der Waals surface area contributed by atoms with Gasteiger partial charge in [0.25, 0.3) is 0 Å². The summed E-state index contributed by atoms with van der Waals surface area (Å²) in [5.74, 6) is -0.0201. The lowest BCUT2D eigenvalue weighted by molar-refractivity contribution is -0.144. The highest BCUT2D eigenvalue weighted by molar-refractivity contribution is 7.13. The van der Waals surface area contributed by atoms with E-state index in [9.17, 15) is 9.59 Å². The smallest absolute Gasteiger partial charge is 0.248 e. The summed E-state index contributed by atoms with van der Waals surface area (Å²) in [6.07, 6.45) is 2.20. The van der Waals surface area contributed by atoms with Crippen molar-refractivity contribution in [2.75, 3.05) is 33.4 Å². The van der Waals surface area contributed by atoms with Crippen LogP contribution in [0.4, 0.5) is 0 Å². The largest absolute Gasteiger partial charge is 0.375 e. The van der Waals surface area contributed by atoms with Crippen LogP contribution < -0.4 is 5.32 Å². The van der Waals surface area contributed by atoms with Gasteiger partial charge in [0.1, 0.15) is 6.61 Å². The number of carbonyl (C=O) groups is 2. The van der Waals surface area contributed by atoms with Gasteiger partial charge in [-0.05, 0) is 48.8 Å². The molecule has 150 valence electrons. The number of benzene rings is 1. The van der Waals surface area contributed by atoms with Gasteiger partial charge in [-0.2, -0.15) is 0 Å². The first-order valence-corrected chi connectivity index (χ1v) is 10.6. The Morgan fingerprint density at radius 1 is 1.25 bits per heavy atom. The number of piperidine rings is 1. The van der Waals surface area contributed by atoms with Crippen LogP contribution in [0.15, 0.2) is 41.8 Å². The fraction of sp³-hybridized carbons (Fsp3) is 0.455. The van der Waals surface area contributed by atoms with Crippen molar-refractivity contribution in [3.8, 4) is 10.4 Å². The molecule has 1 atom stereocenters. The maximum absolute atomic E-state index is 13.2. The number of nitrogens with one attached hydrogen (secondary N) is 1. The summed E-state index contributed by atoms with van der Waals surface area (Å²) < 4.78 is 5.03. The second-order valence-corrected chi connectivity index (χ2v) is 8.25. The van der Waals surface area contributed by atoms with Gasteiger partial charge in [-0.15, -0.1) is 11.3 Å². The Bertz CT molecular complexity index is 806. The SMILES string of the molecule is CCNC(=O)C1(Cc2ccccc2-c2cccs2)CCCN(C(=O)COC)C1. The van der Waals surface area contributed by atoms with Crippen LogP contribution in [0.3, 0.4) is 0 Å². The molecule has 2 heterocycles. The first kappa shape index (κ1) is 20.6. The second kappa shape index (κ2) is 9.34. The lowest BCUT2D eigenvalue weighted by atomic mass is 9.73. The lowest BCUT2D eigenvalue weighted by Crippen LogP contribution is -2.55. The average Bonchev–Trinajstić information content (AvgIpc) is 3.23. The maximum atomic E-state index is 13.2. The molecule has 28 heavy (non-hydrogen) atoms. The van der Waals surface area contributed by atoms with E-state index in [0.29, 0.717) is 26.1 Å². The lowest BCUT2D eigenvalue weighted by Gasteiger charge is -2.42. The van der Waals surface area contributed by atoms with Gasteiger partial charge in [0.05, 0.1) is 5.41 Å². The minimum atomic E-state index is -0.620. The van der Waals surface area contributed by atoms with E-state index in [4.69, 9.17) is 4.74 Å². The summed E-state index contributed by atoms with van der Waals surface area (Å²) in [6, 6.07) is 12.4. The monoisotopic (exact) mass is 400 g/mol. The molecule has 6 heteroatoms. The summed E-state index contributed by atoms with van der Waals surface area (Å²) in [5, 5.41) is 5.08. The molecule has 0 radical (unpaired) electrons. The molecule has 1 aliphatic heterocycles. The quantitative estimate of drug-likeness (QED) is 0.775. The first-order chi connectivity index (χ1) is 13.6. The normalized spacial score (nSPS) is 19.4. The van der Waals surface area contributed by atoms with Crippen LogP contribution in [-0.2, 0) is 20.7 Å². The van der Waals surface area contributed by atoms with Gasteiger partial charge in [0.15, 0.2) is 0 Å². The third-order valence-corrected chi connectivity index (χ3v) is 6.25. The molecule has 1 aromatic heterocycles. The van der Waals surface area contributed by atoms with Gasteiger partial charge in [-0.3, -0.25) is 9.59 Å². The van der Waals surface area contributed by atoms with Crippen molar-refractivity contribution in [1.82, 2.24) is 10.2 Å². The Hall–Kier alpha value is -2.18. The molecule has 0 bridgehead atoms. The zero-order valence-electron chi connectivity index (χ0n) is 16.6. The molecule has 1 unspecified atom stereocenters. The van der Waals surface area contributed by atoms with Crippen LogP contribution in [0.1, 0.15) is 25.3 Å². The fourth-order valence-electron chi connectivity index (χ4n) is 4.03. The molecule has 5 nitrogen and oxygen atoms in total. The Balaban J connectivity index is 1.94. The number of rotatable bonds is 7. The highest BCUT2D eigenvalue weighted by Crippen LogP contribution is 2.38. The van der Waals surface area contributed by atoms with E-state index in [1.165, 1.54) is 17.6 Å². The Labute approximate surface area is 170 Å². The molecule has 1 aromatic carbocycles.